The Hall–Kier alpha value is -2.04. The van der Waals surface area contributed by atoms with Crippen LogP contribution in [-0.2, 0) is 16.1 Å². The maximum Gasteiger partial charge on any atom is 0.232 e. The lowest BCUT2D eigenvalue weighted by Gasteiger charge is -2.33. The molecule has 1 saturated carbocycles. The third-order valence-corrected chi connectivity index (χ3v) is 6.44. The Kier molecular flexibility index (Phi) is 5.74. The highest BCUT2D eigenvalue weighted by Crippen LogP contribution is 2.65. The molecule has 6 heteroatoms. The van der Waals surface area contributed by atoms with Crippen LogP contribution in [0.15, 0.2) is 54.6 Å². The summed E-state index contributed by atoms with van der Waals surface area (Å²) in [6, 6.07) is 17.1. The maximum absolute atomic E-state index is 13.4. The Morgan fingerprint density at radius 3 is 2.36 bits per heavy atom. The molecular formula is C22H24Cl2N2O2. The van der Waals surface area contributed by atoms with Crippen molar-refractivity contribution in [2.45, 2.75) is 44.1 Å². The van der Waals surface area contributed by atoms with Crippen molar-refractivity contribution in [3.63, 3.8) is 0 Å². The summed E-state index contributed by atoms with van der Waals surface area (Å²) < 4.78 is -1.03. The van der Waals surface area contributed by atoms with Crippen LogP contribution in [0, 0.1) is 5.41 Å². The summed E-state index contributed by atoms with van der Waals surface area (Å²) in [4.78, 5) is 26.6. The van der Waals surface area contributed by atoms with Crippen molar-refractivity contribution in [1.82, 2.24) is 4.90 Å². The van der Waals surface area contributed by atoms with E-state index >= 15 is 0 Å². The second kappa shape index (κ2) is 7.76. The van der Waals surface area contributed by atoms with Crippen molar-refractivity contribution >= 4 is 40.7 Å². The Labute approximate surface area is 175 Å². The number of alkyl halides is 2. The smallest absolute Gasteiger partial charge is 0.232 e. The van der Waals surface area contributed by atoms with E-state index in [0.29, 0.717) is 18.7 Å². The molecule has 4 nitrogen and oxygen atoms in total. The summed E-state index contributed by atoms with van der Waals surface area (Å²) in [5, 5.41) is 2.79. The molecule has 1 fully saturated rings. The number of halogens is 2. The van der Waals surface area contributed by atoms with E-state index < -0.39 is 9.75 Å². The molecule has 1 N–H and O–H groups in total. The molecule has 3 rings (SSSR count). The molecule has 2 unspecified atom stereocenters. The lowest BCUT2D eigenvalue weighted by molar-refractivity contribution is -0.139. The quantitative estimate of drug-likeness (QED) is 0.645. The first kappa shape index (κ1) is 20.7. The van der Waals surface area contributed by atoms with Gasteiger partial charge in [0.05, 0.1) is 11.5 Å². The van der Waals surface area contributed by atoms with Crippen LogP contribution in [0.1, 0.15) is 44.4 Å². The Morgan fingerprint density at radius 1 is 1.14 bits per heavy atom. The van der Waals surface area contributed by atoms with Crippen LogP contribution in [-0.4, -0.2) is 21.0 Å². The summed E-state index contributed by atoms with van der Waals surface area (Å²) in [5.41, 5.74) is 1.86. The number of amides is 2. The van der Waals surface area contributed by atoms with Crippen molar-refractivity contribution < 1.29 is 9.59 Å². The van der Waals surface area contributed by atoms with E-state index in [1.54, 1.807) is 0 Å². The number of anilines is 1. The number of carbonyl (C=O) groups excluding carboxylic acids is 2. The highest BCUT2D eigenvalue weighted by Gasteiger charge is 2.69. The highest BCUT2D eigenvalue weighted by atomic mass is 35.5. The molecule has 0 spiro atoms. The number of hydrogen-bond acceptors (Lipinski definition) is 2. The average Bonchev–Trinajstić information content (AvgIpc) is 3.18. The van der Waals surface area contributed by atoms with E-state index in [0.717, 1.165) is 11.1 Å². The van der Waals surface area contributed by atoms with Crippen LogP contribution in [0.3, 0.4) is 0 Å². The number of nitrogens with zero attached hydrogens (tertiary/aromatic N) is 1. The van der Waals surface area contributed by atoms with E-state index in [4.69, 9.17) is 23.2 Å². The molecule has 1 aliphatic carbocycles. The fourth-order valence-corrected chi connectivity index (χ4v) is 4.07. The van der Waals surface area contributed by atoms with E-state index in [-0.39, 0.29) is 17.9 Å². The minimum absolute atomic E-state index is 0.0706. The fraction of sp³-hybridized carbons (Fsp3) is 0.364. The van der Waals surface area contributed by atoms with Crippen molar-refractivity contribution in [3.05, 3.63) is 65.7 Å². The predicted molar refractivity (Wildman–Crippen MR) is 113 cm³/mol. The number of rotatable bonds is 6. The molecule has 2 aromatic carbocycles. The first-order chi connectivity index (χ1) is 13.1. The van der Waals surface area contributed by atoms with E-state index in [1.807, 2.05) is 73.3 Å². The summed E-state index contributed by atoms with van der Waals surface area (Å²) >= 11 is 12.6. The van der Waals surface area contributed by atoms with Crippen LogP contribution in [0.25, 0.3) is 0 Å². The third-order valence-electron chi connectivity index (χ3n) is 5.34. The number of benzene rings is 2. The zero-order valence-corrected chi connectivity index (χ0v) is 17.7. The molecule has 0 aromatic heterocycles. The van der Waals surface area contributed by atoms with Crippen molar-refractivity contribution in [2.24, 2.45) is 5.41 Å². The lowest BCUT2D eigenvalue weighted by Crippen LogP contribution is -2.39. The summed E-state index contributed by atoms with van der Waals surface area (Å²) in [5.74, 6) is -0.208. The fourth-order valence-electron chi connectivity index (χ4n) is 3.37. The Bertz CT molecular complexity index is 885. The molecule has 1 aliphatic rings. The van der Waals surface area contributed by atoms with Gasteiger partial charge in [0.2, 0.25) is 11.8 Å². The van der Waals surface area contributed by atoms with Gasteiger partial charge in [-0.2, -0.15) is 0 Å². The summed E-state index contributed by atoms with van der Waals surface area (Å²) in [6.07, 6.45) is 0.436. The molecule has 148 valence electrons. The molecule has 2 aromatic rings. The Morgan fingerprint density at radius 2 is 1.79 bits per heavy atom. The molecular weight excluding hydrogens is 395 g/mol. The Balaban J connectivity index is 1.92. The molecule has 0 heterocycles. The highest BCUT2D eigenvalue weighted by molar-refractivity contribution is 6.53. The van der Waals surface area contributed by atoms with E-state index in [2.05, 4.69) is 5.32 Å². The largest absolute Gasteiger partial charge is 0.331 e. The van der Waals surface area contributed by atoms with Crippen LogP contribution in [0.2, 0.25) is 0 Å². The SMILES string of the molecule is CC(=O)Nc1cccc(C(C)N(Cc2ccccc2)C(=O)C2(C)CC2(Cl)Cl)c1. The molecule has 0 bridgehead atoms. The second-order valence-electron chi connectivity index (χ2n) is 7.61. The van der Waals surface area contributed by atoms with E-state index in [9.17, 15) is 9.59 Å². The molecule has 28 heavy (non-hydrogen) atoms. The van der Waals surface area contributed by atoms with Gasteiger partial charge < -0.3 is 10.2 Å². The van der Waals surface area contributed by atoms with Gasteiger partial charge in [0.1, 0.15) is 4.33 Å². The zero-order chi connectivity index (χ0) is 20.5. The van der Waals surface area contributed by atoms with E-state index in [1.165, 1.54) is 6.92 Å². The van der Waals surface area contributed by atoms with Gasteiger partial charge in [-0.05, 0) is 43.5 Å². The van der Waals surface area contributed by atoms with Crippen molar-refractivity contribution in [2.75, 3.05) is 5.32 Å². The minimum Gasteiger partial charge on any atom is -0.331 e. The van der Waals surface area contributed by atoms with Gasteiger partial charge in [-0.25, -0.2) is 0 Å². The van der Waals surface area contributed by atoms with Gasteiger partial charge in [-0.15, -0.1) is 23.2 Å². The maximum atomic E-state index is 13.4. The van der Waals surface area contributed by atoms with Gasteiger partial charge in [0, 0.05) is 19.2 Å². The second-order valence-corrected chi connectivity index (χ2v) is 9.10. The number of nitrogens with one attached hydrogen (secondary N) is 1. The third kappa shape index (κ3) is 4.18. The van der Waals surface area contributed by atoms with Gasteiger partial charge in [-0.1, -0.05) is 42.5 Å². The van der Waals surface area contributed by atoms with Crippen molar-refractivity contribution in [3.8, 4) is 0 Å². The number of carbonyl (C=O) groups is 2. The van der Waals surface area contributed by atoms with Crippen LogP contribution >= 0.6 is 23.2 Å². The monoisotopic (exact) mass is 418 g/mol. The number of hydrogen-bond donors (Lipinski definition) is 1. The summed E-state index contributed by atoms with van der Waals surface area (Å²) in [6.45, 7) is 5.71. The first-order valence-corrected chi connectivity index (χ1v) is 10.00. The average molecular weight is 419 g/mol. The van der Waals surface area contributed by atoms with Gasteiger partial charge in [0.25, 0.3) is 0 Å². The van der Waals surface area contributed by atoms with Gasteiger partial charge in [-0.3, -0.25) is 9.59 Å². The topological polar surface area (TPSA) is 49.4 Å². The van der Waals surface area contributed by atoms with Crippen LogP contribution in [0.4, 0.5) is 5.69 Å². The van der Waals surface area contributed by atoms with Gasteiger partial charge >= 0.3 is 0 Å². The normalized spacial score (nSPS) is 20.9. The lowest BCUT2D eigenvalue weighted by atomic mass is 10.0. The van der Waals surface area contributed by atoms with Gasteiger partial charge in [0.15, 0.2) is 0 Å². The van der Waals surface area contributed by atoms with Crippen molar-refractivity contribution in [1.29, 1.82) is 0 Å². The predicted octanol–water partition coefficient (Wildman–Crippen LogP) is 5.32. The molecule has 0 radical (unpaired) electrons. The molecule has 2 atom stereocenters. The minimum atomic E-state index is -1.03. The molecule has 0 saturated heterocycles. The summed E-state index contributed by atoms with van der Waals surface area (Å²) in [7, 11) is 0. The molecule has 2 amide bonds. The van der Waals surface area contributed by atoms with Crippen LogP contribution < -0.4 is 5.32 Å². The molecule has 0 aliphatic heterocycles. The standard InChI is InChI=1S/C22H24Cl2N2O2/c1-15(18-10-7-11-19(12-18)25-16(2)27)26(13-17-8-5-4-6-9-17)20(28)21(3)14-22(21,23)24/h4-12,15H,13-14H2,1-3H3,(H,25,27). The first-order valence-electron chi connectivity index (χ1n) is 9.24. The zero-order valence-electron chi connectivity index (χ0n) is 16.2. The van der Waals surface area contributed by atoms with Crippen LogP contribution in [0.5, 0.6) is 0 Å².